The van der Waals surface area contributed by atoms with Crippen molar-refractivity contribution in [1.29, 1.82) is 0 Å². The lowest BCUT2D eigenvalue weighted by molar-refractivity contribution is -0.125. The zero-order valence-corrected chi connectivity index (χ0v) is 11.2. The Kier molecular flexibility index (Phi) is 5.63. The van der Waals surface area contributed by atoms with Crippen molar-refractivity contribution < 1.29 is 9.59 Å². The van der Waals surface area contributed by atoms with Gasteiger partial charge in [0.2, 0.25) is 5.91 Å². The van der Waals surface area contributed by atoms with Gasteiger partial charge in [0.05, 0.1) is 21.8 Å². The number of allylic oxidation sites excluding steroid dienone is 1. The molecule has 0 fully saturated rings. The first-order valence-electron chi connectivity index (χ1n) is 5.39. The van der Waals surface area contributed by atoms with Crippen LogP contribution >= 0.6 is 16.1 Å². The molecular weight excluding hydrogens is 282 g/mol. The minimum Gasteiger partial charge on any atom is -0.296 e. The fraction of sp³-hybridized carbons (Fsp3) is 0.231. The van der Waals surface area contributed by atoms with E-state index in [0.717, 1.165) is 12.0 Å². The topological polar surface area (TPSA) is 37.4 Å². The molecule has 0 aromatic heterocycles. The van der Waals surface area contributed by atoms with Crippen LogP contribution in [0.2, 0.25) is 0 Å². The number of benzene rings is 1. The number of halogens is 1. The standard InChI is InChI=1S/C13H14BrNO2/c1-2-6-13(17)15(14)12(10-16)9-11-7-4-3-5-8-11/h3-5,7-10H,2,6H2,1H3. The molecule has 0 unspecified atom stereocenters. The number of hydrogen-bond donors (Lipinski definition) is 0. The zero-order valence-electron chi connectivity index (χ0n) is 9.60. The average molecular weight is 296 g/mol. The summed E-state index contributed by atoms with van der Waals surface area (Å²) in [4.78, 5) is 22.6. The third-order valence-corrected chi connectivity index (χ3v) is 2.95. The van der Waals surface area contributed by atoms with Crippen LogP contribution in [0.3, 0.4) is 0 Å². The number of carbonyl (C=O) groups is 2. The van der Waals surface area contributed by atoms with E-state index in [-0.39, 0.29) is 5.91 Å². The molecule has 17 heavy (non-hydrogen) atoms. The van der Waals surface area contributed by atoms with Gasteiger partial charge < -0.3 is 0 Å². The van der Waals surface area contributed by atoms with Crippen LogP contribution in [0.1, 0.15) is 25.3 Å². The van der Waals surface area contributed by atoms with Gasteiger partial charge in [-0.1, -0.05) is 37.3 Å². The van der Waals surface area contributed by atoms with Gasteiger partial charge in [0.15, 0.2) is 6.29 Å². The van der Waals surface area contributed by atoms with Gasteiger partial charge in [-0.3, -0.25) is 9.59 Å². The Morgan fingerprint density at radius 2 is 2.00 bits per heavy atom. The van der Waals surface area contributed by atoms with Gasteiger partial charge in [0.1, 0.15) is 0 Å². The van der Waals surface area contributed by atoms with Crippen molar-refractivity contribution in [3.8, 4) is 0 Å². The summed E-state index contributed by atoms with van der Waals surface area (Å²) in [7, 11) is 0. The summed E-state index contributed by atoms with van der Waals surface area (Å²) in [5, 5.41) is 0. The molecule has 0 aliphatic rings. The fourth-order valence-electron chi connectivity index (χ4n) is 1.31. The van der Waals surface area contributed by atoms with E-state index in [0.29, 0.717) is 18.4 Å². The summed E-state index contributed by atoms with van der Waals surface area (Å²) in [6, 6.07) is 9.39. The summed E-state index contributed by atoms with van der Waals surface area (Å²) in [5.41, 5.74) is 1.18. The van der Waals surface area contributed by atoms with E-state index in [4.69, 9.17) is 0 Å². The molecule has 3 nitrogen and oxygen atoms in total. The van der Waals surface area contributed by atoms with E-state index in [1.807, 2.05) is 37.3 Å². The van der Waals surface area contributed by atoms with Crippen molar-refractivity contribution in [3.63, 3.8) is 0 Å². The van der Waals surface area contributed by atoms with Crippen LogP contribution in [0.25, 0.3) is 6.08 Å². The highest BCUT2D eigenvalue weighted by Crippen LogP contribution is 2.15. The Balaban J connectivity index is 2.88. The molecule has 1 aromatic rings. The first-order chi connectivity index (χ1) is 8.19. The lowest BCUT2D eigenvalue weighted by Crippen LogP contribution is -2.20. The number of aldehydes is 1. The van der Waals surface area contributed by atoms with Crippen LogP contribution < -0.4 is 0 Å². The molecule has 0 bridgehead atoms. The van der Waals surface area contributed by atoms with Gasteiger partial charge in [0.25, 0.3) is 0 Å². The van der Waals surface area contributed by atoms with Crippen LogP contribution in [-0.4, -0.2) is 16.1 Å². The Bertz CT molecular complexity index is 415. The van der Waals surface area contributed by atoms with Crippen molar-refractivity contribution in [2.75, 3.05) is 0 Å². The Labute approximate surface area is 109 Å². The SMILES string of the molecule is CCCC(=O)N(Br)C(C=O)=Cc1ccccc1. The molecule has 0 N–H and O–H groups in total. The maximum absolute atomic E-state index is 11.6. The summed E-state index contributed by atoms with van der Waals surface area (Å²) in [6.07, 6.45) is 3.48. The minimum atomic E-state index is -0.123. The molecule has 4 heteroatoms. The summed E-state index contributed by atoms with van der Waals surface area (Å²) < 4.78 is 1.22. The molecule has 0 aliphatic heterocycles. The van der Waals surface area contributed by atoms with Crippen molar-refractivity contribution in [3.05, 3.63) is 41.6 Å². The third kappa shape index (κ3) is 4.15. The van der Waals surface area contributed by atoms with Crippen LogP contribution in [0.5, 0.6) is 0 Å². The molecule has 1 amide bonds. The van der Waals surface area contributed by atoms with E-state index in [2.05, 4.69) is 16.1 Å². The van der Waals surface area contributed by atoms with Gasteiger partial charge in [0, 0.05) is 6.42 Å². The average Bonchev–Trinajstić information content (AvgIpc) is 2.36. The second-order valence-corrected chi connectivity index (χ2v) is 4.23. The van der Waals surface area contributed by atoms with Crippen molar-refractivity contribution in [2.45, 2.75) is 19.8 Å². The van der Waals surface area contributed by atoms with Crippen LogP contribution in [0, 0.1) is 0 Å². The van der Waals surface area contributed by atoms with Crippen LogP contribution in [0.4, 0.5) is 0 Å². The quantitative estimate of drug-likeness (QED) is 0.475. The number of amides is 1. The first-order valence-corrected chi connectivity index (χ1v) is 6.10. The molecule has 0 spiro atoms. The Morgan fingerprint density at radius 1 is 1.35 bits per heavy atom. The van der Waals surface area contributed by atoms with Gasteiger partial charge in [-0.2, -0.15) is 0 Å². The normalized spacial score (nSPS) is 11.1. The predicted molar refractivity (Wildman–Crippen MR) is 71.2 cm³/mol. The largest absolute Gasteiger partial charge is 0.296 e. The molecule has 0 heterocycles. The molecule has 1 rings (SSSR count). The lowest BCUT2D eigenvalue weighted by atomic mass is 10.2. The van der Waals surface area contributed by atoms with Crippen molar-refractivity contribution in [2.24, 2.45) is 0 Å². The first kappa shape index (κ1) is 13.6. The van der Waals surface area contributed by atoms with Gasteiger partial charge in [-0.15, -0.1) is 0 Å². The lowest BCUT2D eigenvalue weighted by Gasteiger charge is -2.13. The van der Waals surface area contributed by atoms with Gasteiger partial charge in [-0.25, -0.2) is 3.93 Å². The Hall–Kier alpha value is -1.42. The van der Waals surface area contributed by atoms with Crippen LogP contribution in [0.15, 0.2) is 36.0 Å². The highest BCUT2D eigenvalue weighted by atomic mass is 79.9. The second-order valence-electron chi connectivity index (χ2n) is 3.52. The van der Waals surface area contributed by atoms with Crippen LogP contribution in [-0.2, 0) is 9.59 Å². The molecular formula is C13H14BrNO2. The van der Waals surface area contributed by atoms with Gasteiger partial charge in [-0.05, 0) is 18.1 Å². The maximum atomic E-state index is 11.6. The Morgan fingerprint density at radius 3 is 2.53 bits per heavy atom. The van der Waals surface area contributed by atoms with E-state index in [1.54, 1.807) is 6.08 Å². The maximum Gasteiger partial charge on any atom is 0.237 e. The molecule has 0 aliphatic carbocycles. The highest BCUT2D eigenvalue weighted by molar-refractivity contribution is 9.07. The number of carbonyl (C=O) groups excluding carboxylic acids is 2. The summed E-state index contributed by atoms with van der Waals surface area (Å²) in [6.45, 7) is 1.92. The van der Waals surface area contributed by atoms with E-state index >= 15 is 0 Å². The second kappa shape index (κ2) is 7.01. The smallest absolute Gasteiger partial charge is 0.237 e. The number of hydrogen-bond acceptors (Lipinski definition) is 2. The molecule has 0 radical (unpaired) electrons. The fourth-order valence-corrected chi connectivity index (χ4v) is 1.68. The van der Waals surface area contributed by atoms with E-state index < -0.39 is 0 Å². The predicted octanol–water partition coefficient (Wildman–Crippen LogP) is 3.17. The molecule has 1 aromatic carbocycles. The van der Waals surface area contributed by atoms with E-state index in [1.165, 1.54) is 3.93 Å². The molecule has 0 saturated carbocycles. The van der Waals surface area contributed by atoms with Crippen molar-refractivity contribution in [1.82, 2.24) is 3.93 Å². The molecule has 0 saturated heterocycles. The summed E-state index contributed by atoms with van der Waals surface area (Å²) in [5.74, 6) is -0.123. The monoisotopic (exact) mass is 295 g/mol. The molecule has 0 atom stereocenters. The molecule has 90 valence electrons. The third-order valence-electron chi connectivity index (χ3n) is 2.14. The number of rotatable bonds is 5. The highest BCUT2D eigenvalue weighted by Gasteiger charge is 2.13. The van der Waals surface area contributed by atoms with Crippen molar-refractivity contribution >= 4 is 34.4 Å². The van der Waals surface area contributed by atoms with E-state index in [9.17, 15) is 9.59 Å². The van der Waals surface area contributed by atoms with Gasteiger partial charge >= 0.3 is 0 Å². The minimum absolute atomic E-state index is 0.123. The number of nitrogens with zero attached hydrogens (tertiary/aromatic N) is 1. The zero-order chi connectivity index (χ0) is 12.7. The summed E-state index contributed by atoms with van der Waals surface area (Å²) >= 11 is 3.11.